The first-order valence-electron chi connectivity index (χ1n) is 5.17. The third kappa shape index (κ3) is 3.16. The molecule has 1 heterocycles. The van der Waals surface area contributed by atoms with Crippen molar-refractivity contribution in [2.75, 3.05) is 32.6 Å². The second kappa shape index (κ2) is 5.60. The maximum atomic E-state index is 11.7. The van der Waals surface area contributed by atoms with E-state index in [1.807, 2.05) is 0 Å². The van der Waals surface area contributed by atoms with E-state index in [0.29, 0.717) is 19.4 Å². The Labute approximate surface area is 95.2 Å². The van der Waals surface area contributed by atoms with Crippen molar-refractivity contribution >= 4 is 16.0 Å². The predicted molar refractivity (Wildman–Crippen MR) is 57.2 cm³/mol. The highest BCUT2D eigenvalue weighted by molar-refractivity contribution is 7.89. The molecule has 0 radical (unpaired) electrons. The molecule has 0 spiro atoms. The van der Waals surface area contributed by atoms with Crippen LogP contribution in [0.4, 0.5) is 0 Å². The van der Waals surface area contributed by atoms with Crippen LogP contribution in [-0.2, 0) is 19.6 Å². The molecule has 1 N–H and O–H groups in total. The van der Waals surface area contributed by atoms with Crippen LogP contribution in [0.1, 0.15) is 12.8 Å². The second-order valence-corrected chi connectivity index (χ2v) is 5.85. The first-order valence-corrected chi connectivity index (χ1v) is 6.78. The van der Waals surface area contributed by atoms with E-state index in [-0.39, 0.29) is 24.2 Å². The second-order valence-electron chi connectivity index (χ2n) is 3.76. The van der Waals surface area contributed by atoms with Crippen LogP contribution < -0.4 is 0 Å². The number of carbonyl (C=O) groups excluding carboxylic acids is 1. The largest absolute Gasteiger partial charge is 0.469 e. The average Bonchev–Trinajstić information content (AvgIpc) is 2.28. The van der Waals surface area contributed by atoms with Gasteiger partial charge in [0.2, 0.25) is 10.0 Å². The molecular formula is C9H17NO5S. The Bertz CT molecular complexity index is 340. The van der Waals surface area contributed by atoms with Crippen LogP contribution >= 0.6 is 0 Å². The van der Waals surface area contributed by atoms with E-state index in [9.17, 15) is 13.2 Å². The molecule has 1 rings (SSSR count). The topological polar surface area (TPSA) is 83.9 Å². The summed E-state index contributed by atoms with van der Waals surface area (Å²) in [5.74, 6) is -1.04. The summed E-state index contributed by atoms with van der Waals surface area (Å²) in [6.07, 6.45) is 1.29. The number of methoxy groups -OCH3 is 1. The molecule has 94 valence electrons. The zero-order valence-corrected chi connectivity index (χ0v) is 10.1. The van der Waals surface area contributed by atoms with Crippen molar-refractivity contribution in [1.82, 2.24) is 4.31 Å². The van der Waals surface area contributed by atoms with Crippen LogP contribution in [0.5, 0.6) is 0 Å². The minimum atomic E-state index is -3.43. The Morgan fingerprint density at radius 1 is 1.56 bits per heavy atom. The van der Waals surface area contributed by atoms with Gasteiger partial charge in [-0.15, -0.1) is 0 Å². The van der Waals surface area contributed by atoms with Gasteiger partial charge in [0, 0.05) is 13.1 Å². The van der Waals surface area contributed by atoms with E-state index in [1.165, 1.54) is 11.4 Å². The SMILES string of the molecule is COC(=O)C1CCCN(S(=O)(=O)CCO)C1. The van der Waals surface area contributed by atoms with Crippen molar-refractivity contribution in [3.63, 3.8) is 0 Å². The molecule has 1 saturated heterocycles. The standard InChI is InChI=1S/C9H17NO5S/c1-15-9(12)8-3-2-4-10(7-8)16(13,14)6-5-11/h8,11H,2-7H2,1H3. The number of nitrogens with zero attached hydrogens (tertiary/aromatic N) is 1. The Balaban J connectivity index is 2.67. The van der Waals surface area contributed by atoms with Gasteiger partial charge in [0.15, 0.2) is 0 Å². The van der Waals surface area contributed by atoms with Crippen LogP contribution in [0.3, 0.4) is 0 Å². The number of aliphatic hydroxyl groups excluding tert-OH is 1. The predicted octanol–water partition coefficient (Wildman–Crippen LogP) is -0.806. The number of sulfonamides is 1. The fourth-order valence-electron chi connectivity index (χ4n) is 1.80. The van der Waals surface area contributed by atoms with Gasteiger partial charge in [0.05, 0.1) is 25.4 Å². The Kier molecular flexibility index (Phi) is 4.69. The van der Waals surface area contributed by atoms with E-state index in [2.05, 4.69) is 4.74 Å². The molecule has 6 nitrogen and oxygen atoms in total. The lowest BCUT2D eigenvalue weighted by molar-refractivity contribution is -0.146. The highest BCUT2D eigenvalue weighted by atomic mass is 32.2. The lowest BCUT2D eigenvalue weighted by Gasteiger charge is -2.30. The maximum absolute atomic E-state index is 11.7. The summed E-state index contributed by atoms with van der Waals surface area (Å²) in [5.41, 5.74) is 0. The van der Waals surface area contributed by atoms with Crippen LogP contribution in [0.2, 0.25) is 0 Å². The summed E-state index contributed by atoms with van der Waals surface area (Å²) in [5, 5.41) is 8.66. The van der Waals surface area contributed by atoms with Gasteiger partial charge in [-0.1, -0.05) is 0 Å². The number of esters is 1. The number of ether oxygens (including phenoxy) is 1. The minimum Gasteiger partial charge on any atom is -0.469 e. The summed E-state index contributed by atoms with van der Waals surface area (Å²) in [4.78, 5) is 11.3. The zero-order chi connectivity index (χ0) is 12.2. The molecule has 7 heteroatoms. The van der Waals surface area contributed by atoms with Crippen molar-refractivity contribution < 1.29 is 23.1 Å². The third-order valence-electron chi connectivity index (χ3n) is 2.66. The van der Waals surface area contributed by atoms with Crippen LogP contribution in [0.25, 0.3) is 0 Å². The molecule has 0 aromatic rings. The Hall–Kier alpha value is -0.660. The highest BCUT2D eigenvalue weighted by Crippen LogP contribution is 2.20. The fourth-order valence-corrected chi connectivity index (χ4v) is 3.10. The molecule has 1 aliphatic rings. The normalized spacial score (nSPS) is 23.0. The van der Waals surface area contributed by atoms with Gasteiger partial charge in [-0.3, -0.25) is 4.79 Å². The number of aliphatic hydroxyl groups is 1. The lowest BCUT2D eigenvalue weighted by Crippen LogP contribution is -2.43. The number of carbonyl (C=O) groups is 1. The number of piperidine rings is 1. The Morgan fingerprint density at radius 3 is 2.81 bits per heavy atom. The molecule has 0 bridgehead atoms. The summed E-state index contributed by atoms with van der Waals surface area (Å²) in [6.45, 7) is 0.173. The van der Waals surface area contributed by atoms with Gasteiger partial charge in [0.1, 0.15) is 0 Å². The summed E-state index contributed by atoms with van der Waals surface area (Å²) in [6, 6.07) is 0. The highest BCUT2D eigenvalue weighted by Gasteiger charge is 2.32. The van der Waals surface area contributed by atoms with E-state index >= 15 is 0 Å². The maximum Gasteiger partial charge on any atom is 0.309 e. The molecule has 0 aromatic heterocycles. The number of hydrogen-bond acceptors (Lipinski definition) is 5. The van der Waals surface area contributed by atoms with Crippen LogP contribution in [0, 0.1) is 5.92 Å². The molecule has 0 aliphatic carbocycles. The van der Waals surface area contributed by atoms with Crippen molar-refractivity contribution in [3.05, 3.63) is 0 Å². The van der Waals surface area contributed by atoms with Gasteiger partial charge >= 0.3 is 5.97 Å². The third-order valence-corrected chi connectivity index (χ3v) is 4.48. The molecule has 0 aromatic carbocycles. The lowest BCUT2D eigenvalue weighted by atomic mass is 10.0. The van der Waals surface area contributed by atoms with Gasteiger partial charge in [-0.25, -0.2) is 12.7 Å². The van der Waals surface area contributed by atoms with Gasteiger partial charge < -0.3 is 9.84 Å². The smallest absolute Gasteiger partial charge is 0.309 e. The summed E-state index contributed by atoms with van der Waals surface area (Å²) < 4.78 is 29.2. The molecule has 1 fully saturated rings. The van der Waals surface area contributed by atoms with Crippen LogP contribution in [0.15, 0.2) is 0 Å². The van der Waals surface area contributed by atoms with E-state index in [1.54, 1.807) is 0 Å². The molecular weight excluding hydrogens is 234 g/mol. The molecule has 0 saturated carbocycles. The summed E-state index contributed by atoms with van der Waals surface area (Å²) >= 11 is 0. The van der Waals surface area contributed by atoms with Gasteiger partial charge in [0.25, 0.3) is 0 Å². The van der Waals surface area contributed by atoms with Crippen molar-refractivity contribution in [2.24, 2.45) is 5.92 Å². The quantitative estimate of drug-likeness (QED) is 0.661. The first kappa shape index (κ1) is 13.4. The van der Waals surface area contributed by atoms with E-state index < -0.39 is 16.6 Å². The molecule has 1 atom stereocenters. The van der Waals surface area contributed by atoms with Crippen molar-refractivity contribution in [3.8, 4) is 0 Å². The number of hydrogen-bond donors (Lipinski definition) is 1. The monoisotopic (exact) mass is 251 g/mol. The van der Waals surface area contributed by atoms with Gasteiger partial charge in [-0.2, -0.15) is 0 Å². The van der Waals surface area contributed by atoms with Crippen LogP contribution in [-0.4, -0.2) is 56.4 Å². The fraction of sp³-hybridized carbons (Fsp3) is 0.889. The number of rotatable bonds is 4. The first-order chi connectivity index (χ1) is 7.51. The zero-order valence-electron chi connectivity index (χ0n) is 9.26. The van der Waals surface area contributed by atoms with Crippen molar-refractivity contribution in [2.45, 2.75) is 12.8 Å². The van der Waals surface area contributed by atoms with E-state index in [0.717, 1.165) is 0 Å². The summed E-state index contributed by atoms with van der Waals surface area (Å²) in [7, 11) is -2.14. The molecule has 1 aliphatic heterocycles. The molecule has 16 heavy (non-hydrogen) atoms. The molecule has 1 unspecified atom stereocenters. The average molecular weight is 251 g/mol. The Morgan fingerprint density at radius 2 is 2.25 bits per heavy atom. The minimum absolute atomic E-state index is 0.162. The van der Waals surface area contributed by atoms with Gasteiger partial charge in [-0.05, 0) is 12.8 Å². The van der Waals surface area contributed by atoms with E-state index in [4.69, 9.17) is 5.11 Å². The van der Waals surface area contributed by atoms with Crippen molar-refractivity contribution in [1.29, 1.82) is 0 Å². The molecule has 0 amide bonds.